The SMILES string of the molecule is Cc1cc(-n2nnc(N)c2C(C)C)c([N+](=O)[O-])cc1C. The predicted molar refractivity (Wildman–Crippen MR) is 76.0 cm³/mol. The zero-order valence-electron chi connectivity index (χ0n) is 11.9. The van der Waals surface area contributed by atoms with Gasteiger partial charge in [-0.1, -0.05) is 19.1 Å². The van der Waals surface area contributed by atoms with Crippen molar-refractivity contribution in [2.24, 2.45) is 0 Å². The quantitative estimate of drug-likeness (QED) is 0.685. The first kappa shape index (κ1) is 14.0. The van der Waals surface area contributed by atoms with Gasteiger partial charge in [-0.15, -0.1) is 5.10 Å². The molecule has 0 unspecified atom stereocenters. The zero-order valence-corrected chi connectivity index (χ0v) is 11.9. The van der Waals surface area contributed by atoms with Crippen LogP contribution in [0, 0.1) is 24.0 Å². The molecule has 0 bridgehead atoms. The van der Waals surface area contributed by atoms with Crippen LogP contribution >= 0.6 is 0 Å². The molecular weight excluding hydrogens is 258 g/mol. The maximum absolute atomic E-state index is 11.3. The van der Waals surface area contributed by atoms with Crippen LogP contribution in [0.15, 0.2) is 12.1 Å². The van der Waals surface area contributed by atoms with Crippen molar-refractivity contribution in [3.63, 3.8) is 0 Å². The highest BCUT2D eigenvalue weighted by Gasteiger charge is 2.23. The van der Waals surface area contributed by atoms with Gasteiger partial charge in [0.1, 0.15) is 5.69 Å². The molecule has 20 heavy (non-hydrogen) atoms. The van der Waals surface area contributed by atoms with Crippen molar-refractivity contribution >= 4 is 11.5 Å². The molecule has 106 valence electrons. The number of nitro groups is 1. The molecule has 0 aliphatic carbocycles. The van der Waals surface area contributed by atoms with Gasteiger partial charge >= 0.3 is 0 Å². The minimum absolute atomic E-state index is 0.0000926. The van der Waals surface area contributed by atoms with Gasteiger partial charge in [0, 0.05) is 6.07 Å². The summed E-state index contributed by atoms with van der Waals surface area (Å²) in [4.78, 5) is 10.8. The molecule has 0 spiro atoms. The summed E-state index contributed by atoms with van der Waals surface area (Å²) >= 11 is 0. The Morgan fingerprint density at radius 1 is 1.30 bits per heavy atom. The Labute approximate surface area is 116 Å². The Morgan fingerprint density at radius 3 is 2.45 bits per heavy atom. The molecular formula is C13H17N5O2. The minimum Gasteiger partial charge on any atom is -0.381 e. The van der Waals surface area contributed by atoms with E-state index in [0.717, 1.165) is 11.1 Å². The normalized spacial score (nSPS) is 11.1. The first-order valence-electron chi connectivity index (χ1n) is 6.30. The molecule has 0 aliphatic heterocycles. The number of rotatable bonds is 3. The molecule has 0 fully saturated rings. The summed E-state index contributed by atoms with van der Waals surface area (Å²) < 4.78 is 1.46. The summed E-state index contributed by atoms with van der Waals surface area (Å²) in [6.07, 6.45) is 0. The summed E-state index contributed by atoms with van der Waals surface area (Å²) in [5, 5.41) is 19.1. The second-order valence-corrected chi connectivity index (χ2v) is 5.11. The van der Waals surface area contributed by atoms with Crippen LogP contribution in [0.25, 0.3) is 5.69 Å². The Hall–Kier alpha value is -2.44. The number of hydrogen-bond donors (Lipinski definition) is 1. The Kier molecular flexibility index (Phi) is 3.44. The van der Waals surface area contributed by atoms with Crippen molar-refractivity contribution in [2.45, 2.75) is 33.6 Å². The molecule has 0 aliphatic rings. The summed E-state index contributed by atoms with van der Waals surface area (Å²) in [5.74, 6) is 0.360. The Balaban J connectivity index is 2.75. The fourth-order valence-electron chi connectivity index (χ4n) is 2.12. The second kappa shape index (κ2) is 4.92. The highest BCUT2D eigenvalue weighted by Crippen LogP contribution is 2.30. The van der Waals surface area contributed by atoms with Gasteiger partial charge in [-0.3, -0.25) is 10.1 Å². The van der Waals surface area contributed by atoms with Gasteiger partial charge in [-0.2, -0.15) is 0 Å². The Bertz CT molecular complexity index is 676. The zero-order chi connectivity index (χ0) is 15.0. The van der Waals surface area contributed by atoms with Gasteiger partial charge in [0.2, 0.25) is 0 Å². The molecule has 1 aromatic heterocycles. The van der Waals surface area contributed by atoms with Crippen molar-refractivity contribution in [2.75, 3.05) is 5.73 Å². The summed E-state index contributed by atoms with van der Waals surface area (Å²) in [6.45, 7) is 7.62. The molecule has 1 aromatic carbocycles. The topological polar surface area (TPSA) is 99.9 Å². The largest absolute Gasteiger partial charge is 0.381 e. The third-order valence-corrected chi connectivity index (χ3v) is 3.30. The lowest BCUT2D eigenvalue weighted by atomic mass is 10.1. The second-order valence-electron chi connectivity index (χ2n) is 5.11. The molecule has 0 saturated heterocycles. The number of benzene rings is 1. The molecule has 7 heteroatoms. The van der Waals surface area contributed by atoms with Crippen molar-refractivity contribution < 1.29 is 4.92 Å². The molecule has 1 heterocycles. The number of nitro benzene ring substituents is 1. The predicted octanol–water partition coefficient (Wildman–Crippen LogP) is 2.50. The monoisotopic (exact) mass is 275 g/mol. The lowest BCUT2D eigenvalue weighted by molar-refractivity contribution is -0.384. The van der Waals surface area contributed by atoms with Crippen LogP contribution in [-0.4, -0.2) is 19.9 Å². The van der Waals surface area contributed by atoms with E-state index < -0.39 is 4.92 Å². The van der Waals surface area contributed by atoms with Crippen molar-refractivity contribution in [1.82, 2.24) is 15.0 Å². The molecule has 0 amide bonds. The first-order valence-corrected chi connectivity index (χ1v) is 6.30. The average molecular weight is 275 g/mol. The standard InChI is InChI=1S/C13H17N5O2/c1-7(2)12-13(14)15-16-17(12)10-5-8(3)9(4)6-11(10)18(19)20/h5-7H,14H2,1-4H3. The van der Waals surface area contributed by atoms with E-state index in [1.165, 1.54) is 4.68 Å². The number of nitrogens with zero attached hydrogens (tertiary/aromatic N) is 4. The molecule has 7 nitrogen and oxygen atoms in total. The highest BCUT2D eigenvalue weighted by atomic mass is 16.6. The minimum atomic E-state index is -0.413. The summed E-state index contributed by atoms with van der Waals surface area (Å²) in [7, 11) is 0. The average Bonchev–Trinajstić information content (AvgIpc) is 2.73. The highest BCUT2D eigenvalue weighted by molar-refractivity contribution is 5.58. The smallest absolute Gasteiger partial charge is 0.295 e. The van der Waals surface area contributed by atoms with Crippen LogP contribution in [-0.2, 0) is 0 Å². The van der Waals surface area contributed by atoms with Crippen LogP contribution in [0.3, 0.4) is 0 Å². The number of aromatic nitrogens is 3. The van der Waals surface area contributed by atoms with E-state index in [1.807, 2.05) is 27.7 Å². The molecule has 0 radical (unpaired) electrons. The fraction of sp³-hybridized carbons (Fsp3) is 0.385. The maximum atomic E-state index is 11.3. The van der Waals surface area contributed by atoms with Gasteiger partial charge < -0.3 is 5.73 Å². The van der Waals surface area contributed by atoms with Gasteiger partial charge in [0.05, 0.1) is 10.6 Å². The molecule has 2 rings (SSSR count). The van der Waals surface area contributed by atoms with E-state index >= 15 is 0 Å². The van der Waals surface area contributed by atoms with E-state index in [9.17, 15) is 10.1 Å². The lowest BCUT2D eigenvalue weighted by Crippen LogP contribution is -2.08. The fourth-order valence-corrected chi connectivity index (χ4v) is 2.12. The van der Waals surface area contributed by atoms with E-state index in [1.54, 1.807) is 12.1 Å². The van der Waals surface area contributed by atoms with Crippen molar-refractivity contribution in [3.8, 4) is 5.69 Å². The maximum Gasteiger partial charge on any atom is 0.295 e. The van der Waals surface area contributed by atoms with Gasteiger partial charge in [0.15, 0.2) is 5.82 Å². The van der Waals surface area contributed by atoms with Gasteiger partial charge in [-0.05, 0) is 37.0 Å². The van der Waals surface area contributed by atoms with E-state index in [-0.39, 0.29) is 11.6 Å². The van der Waals surface area contributed by atoms with Gasteiger partial charge in [0.25, 0.3) is 5.69 Å². The summed E-state index contributed by atoms with van der Waals surface area (Å²) in [6, 6.07) is 3.29. The van der Waals surface area contributed by atoms with Crippen LogP contribution < -0.4 is 5.73 Å². The molecule has 0 saturated carbocycles. The van der Waals surface area contributed by atoms with Crippen molar-refractivity contribution in [3.05, 3.63) is 39.1 Å². The molecule has 2 N–H and O–H groups in total. The lowest BCUT2D eigenvalue weighted by Gasteiger charge is -2.11. The third-order valence-electron chi connectivity index (χ3n) is 3.30. The van der Waals surface area contributed by atoms with Crippen molar-refractivity contribution in [1.29, 1.82) is 0 Å². The van der Waals surface area contributed by atoms with Crippen LogP contribution in [0.2, 0.25) is 0 Å². The van der Waals surface area contributed by atoms with E-state index in [4.69, 9.17) is 5.73 Å². The van der Waals surface area contributed by atoms with Gasteiger partial charge in [-0.25, -0.2) is 4.68 Å². The van der Waals surface area contributed by atoms with Crippen LogP contribution in [0.1, 0.15) is 36.6 Å². The van der Waals surface area contributed by atoms with Crippen LogP contribution in [0.5, 0.6) is 0 Å². The van der Waals surface area contributed by atoms with E-state index in [2.05, 4.69) is 10.3 Å². The third kappa shape index (κ3) is 2.22. The number of hydrogen-bond acceptors (Lipinski definition) is 5. The van der Waals surface area contributed by atoms with E-state index in [0.29, 0.717) is 17.2 Å². The molecule has 2 aromatic rings. The number of anilines is 1. The number of aryl methyl sites for hydroxylation is 2. The first-order chi connectivity index (χ1) is 9.32. The molecule has 0 atom stereocenters. The summed E-state index contributed by atoms with van der Waals surface area (Å²) in [5.41, 5.74) is 8.69. The van der Waals surface area contributed by atoms with Crippen LogP contribution in [0.4, 0.5) is 11.5 Å². The number of nitrogens with two attached hydrogens (primary N) is 1. The Morgan fingerprint density at radius 2 is 1.90 bits per heavy atom. The number of nitrogen functional groups attached to an aromatic ring is 1.